The molecular formula is C11H12N2O6S2. The van der Waals surface area contributed by atoms with E-state index < -0.39 is 35.1 Å². The van der Waals surface area contributed by atoms with Crippen LogP contribution in [0.25, 0.3) is 0 Å². The van der Waals surface area contributed by atoms with Crippen LogP contribution in [-0.4, -0.2) is 52.0 Å². The number of sulfonamides is 1. The van der Waals surface area contributed by atoms with E-state index in [9.17, 15) is 18.0 Å². The van der Waals surface area contributed by atoms with Gasteiger partial charge < -0.3 is 9.47 Å². The second kappa shape index (κ2) is 7.16. The number of carbonyl (C=O) groups excluding carboxylic acids is 2. The van der Waals surface area contributed by atoms with Gasteiger partial charge in [-0.1, -0.05) is 0 Å². The number of esters is 2. The van der Waals surface area contributed by atoms with Gasteiger partial charge in [0.15, 0.2) is 0 Å². The van der Waals surface area contributed by atoms with Crippen LogP contribution < -0.4 is 0 Å². The van der Waals surface area contributed by atoms with Crippen LogP contribution in [0.2, 0.25) is 0 Å². The minimum Gasteiger partial charge on any atom is -0.468 e. The van der Waals surface area contributed by atoms with Crippen LogP contribution in [-0.2, 0) is 29.1 Å². The number of nitrogens with zero attached hydrogens (tertiary/aromatic N) is 2. The number of nitriles is 1. The Morgan fingerprint density at radius 1 is 1.24 bits per heavy atom. The van der Waals surface area contributed by atoms with Crippen molar-refractivity contribution < 1.29 is 27.5 Å². The summed E-state index contributed by atoms with van der Waals surface area (Å²) in [5.74, 6) is -1.64. The number of ether oxygens (including phenoxy) is 2. The molecule has 0 aromatic carbocycles. The lowest BCUT2D eigenvalue weighted by molar-refractivity contribution is -0.143. The van der Waals surface area contributed by atoms with E-state index in [-0.39, 0.29) is 9.09 Å². The van der Waals surface area contributed by atoms with Crippen LogP contribution in [0.1, 0.15) is 4.88 Å². The lowest BCUT2D eigenvalue weighted by Crippen LogP contribution is -2.39. The van der Waals surface area contributed by atoms with Crippen LogP contribution >= 0.6 is 11.3 Å². The molecule has 1 aromatic rings. The molecule has 8 nitrogen and oxygen atoms in total. The van der Waals surface area contributed by atoms with Crippen molar-refractivity contribution in [3.05, 3.63) is 17.0 Å². The molecule has 0 fully saturated rings. The molecule has 0 spiro atoms. The largest absolute Gasteiger partial charge is 0.468 e. The van der Waals surface area contributed by atoms with Crippen molar-refractivity contribution in [3.63, 3.8) is 0 Å². The number of thiophene rings is 1. The summed E-state index contributed by atoms with van der Waals surface area (Å²) >= 11 is 0.743. The summed E-state index contributed by atoms with van der Waals surface area (Å²) in [5.41, 5.74) is 0. The third-order valence-corrected chi connectivity index (χ3v) is 5.60. The van der Waals surface area contributed by atoms with Gasteiger partial charge in [0.1, 0.15) is 28.2 Å². The molecule has 0 unspecified atom stereocenters. The van der Waals surface area contributed by atoms with Gasteiger partial charge in [-0.3, -0.25) is 9.59 Å². The number of hydrogen-bond acceptors (Lipinski definition) is 8. The Hall–Kier alpha value is -1.96. The maximum atomic E-state index is 12.4. The van der Waals surface area contributed by atoms with Gasteiger partial charge >= 0.3 is 11.9 Å². The van der Waals surface area contributed by atoms with Crippen molar-refractivity contribution in [1.29, 1.82) is 5.26 Å². The molecule has 0 atom stereocenters. The topological polar surface area (TPSA) is 114 Å². The van der Waals surface area contributed by atoms with Gasteiger partial charge in [0.25, 0.3) is 10.0 Å². The molecule has 0 saturated heterocycles. The molecule has 0 aliphatic rings. The highest BCUT2D eigenvalue weighted by Gasteiger charge is 2.30. The smallest absolute Gasteiger partial charge is 0.321 e. The molecule has 0 amide bonds. The molecule has 0 saturated carbocycles. The van der Waals surface area contributed by atoms with Crippen LogP contribution in [0.15, 0.2) is 16.3 Å². The Balaban J connectivity index is 3.13. The van der Waals surface area contributed by atoms with Crippen LogP contribution in [0.3, 0.4) is 0 Å². The second-order valence-electron chi connectivity index (χ2n) is 3.66. The maximum Gasteiger partial charge on any atom is 0.321 e. The van der Waals surface area contributed by atoms with Gasteiger partial charge in [0, 0.05) is 0 Å². The average molecular weight is 332 g/mol. The number of carbonyl (C=O) groups is 2. The summed E-state index contributed by atoms with van der Waals surface area (Å²) in [7, 11) is -1.90. The molecule has 0 aliphatic heterocycles. The van der Waals surface area contributed by atoms with Gasteiger partial charge in [0.05, 0.1) is 14.2 Å². The highest BCUT2D eigenvalue weighted by Crippen LogP contribution is 2.24. The van der Waals surface area contributed by atoms with E-state index in [1.165, 1.54) is 12.1 Å². The molecule has 21 heavy (non-hydrogen) atoms. The lowest BCUT2D eigenvalue weighted by Gasteiger charge is -2.18. The predicted octanol–water partition coefficient (Wildman–Crippen LogP) is -0.0435. The first-order valence-electron chi connectivity index (χ1n) is 5.49. The lowest BCUT2D eigenvalue weighted by atomic mass is 10.5. The normalized spacial score (nSPS) is 11.0. The number of methoxy groups -OCH3 is 2. The highest BCUT2D eigenvalue weighted by molar-refractivity contribution is 7.91. The Morgan fingerprint density at radius 2 is 1.76 bits per heavy atom. The third kappa shape index (κ3) is 4.25. The zero-order chi connectivity index (χ0) is 16.0. The molecule has 114 valence electrons. The van der Waals surface area contributed by atoms with E-state index in [2.05, 4.69) is 9.47 Å². The molecule has 0 radical (unpaired) electrons. The SMILES string of the molecule is COC(=O)CN(CC(=O)OC)S(=O)(=O)c1ccc(C#N)s1. The minimum absolute atomic E-state index is 0.146. The fourth-order valence-electron chi connectivity index (χ4n) is 1.29. The molecule has 1 heterocycles. The van der Waals surface area contributed by atoms with Crippen molar-refractivity contribution in [1.82, 2.24) is 4.31 Å². The molecular weight excluding hydrogens is 320 g/mol. The molecule has 10 heteroatoms. The first-order chi connectivity index (χ1) is 9.84. The summed E-state index contributed by atoms with van der Waals surface area (Å²) in [6.07, 6.45) is 0. The van der Waals surface area contributed by atoms with E-state index in [1.54, 1.807) is 0 Å². The van der Waals surface area contributed by atoms with Gasteiger partial charge in [-0.05, 0) is 12.1 Å². The van der Waals surface area contributed by atoms with Crippen LogP contribution in [0, 0.1) is 11.3 Å². The monoisotopic (exact) mass is 332 g/mol. The van der Waals surface area contributed by atoms with Crippen molar-refractivity contribution >= 4 is 33.3 Å². The van der Waals surface area contributed by atoms with Gasteiger partial charge in [-0.15, -0.1) is 11.3 Å². The van der Waals surface area contributed by atoms with E-state index >= 15 is 0 Å². The van der Waals surface area contributed by atoms with E-state index in [0.29, 0.717) is 4.31 Å². The number of rotatable bonds is 6. The minimum atomic E-state index is -4.10. The van der Waals surface area contributed by atoms with Gasteiger partial charge in [0.2, 0.25) is 0 Å². The van der Waals surface area contributed by atoms with Crippen LogP contribution in [0.5, 0.6) is 0 Å². The summed E-state index contributed by atoms with van der Waals surface area (Å²) in [6.45, 7) is -1.26. The zero-order valence-corrected chi connectivity index (χ0v) is 12.9. The van der Waals surface area contributed by atoms with Crippen molar-refractivity contribution in [2.75, 3.05) is 27.3 Å². The second-order valence-corrected chi connectivity index (χ2v) is 6.90. The van der Waals surface area contributed by atoms with E-state index in [4.69, 9.17) is 5.26 Å². The Kier molecular flexibility index (Phi) is 5.83. The van der Waals surface area contributed by atoms with Gasteiger partial charge in [-0.25, -0.2) is 8.42 Å². The van der Waals surface area contributed by atoms with Crippen molar-refractivity contribution in [3.8, 4) is 6.07 Å². The molecule has 1 aromatic heterocycles. The fourth-order valence-corrected chi connectivity index (χ4v) is 3.88. The van der Waals surface area contributed by atoms with Crippen LogP contribution in [0.4, 0.5) is 0 Å². The Bertz CT molecular complexity index is 655. The molecule has 0 bridgehead atoms. The van der Waals surface area contributed by atoms with Crippen molar-refractivity contribution in [2.45, 2.75) is 4.21 Å². The number of hydrogen-bond donors (Lipinski definition) is 0. The summed E-state index contributed by atoms with van der Waals surface area (Å²) in [6, 6.07) is 4.39. The van der Waals surface area contributed by atoms with Crippen molar-refractivity contribution in [2.24, 2.45) is 0 Å². The summed E-state index contributed by atoms with van der Waals surface area (Å²) in [5, 5.41) is 8.73. The Labute approximate surface area is 125 Å². The van der Waals surface area contributed by atoms with E-state index in [1.807, 2.05) is 6.07 Å². The molecule has 1 rings (SSSR count). The molecule has 0 N–H and O–H groups in total. The highest BCUT2D eigenvalue weighted by atomic mass is 32.2. The summed E-state index contributed by atoms with van der Waals surface area (Å²) < 4.78 is 34.1. The fraction of sp³-hybridized carbons (Fsp3) is 0.364. The van der Waals surface area contributed by atoms with Gasteiger partial charge in [-0.2, -0.15) is 9.57 Å². The summed E-state index contributed by atoms with van der Waals surface area (Å²) in [4.78, 5) is 22.8. The maximum absolute atomic E-state index is 12.4. The van der Waals surface area contributed by atoms with E-state index in [0.717, 1.165) is 25.6 Å². The Morgan fingerprint density at radius 3 is 2.14 bits per heavy atom. The quantitative estimate of drug-likeness (QED) is 0.671. The first-order valence-corrected chi connectivity index (χ1v) is 7.74. The standard InChI is InChI=1S/C11H12N2O6S2/c1-18-9(14)6-13(7-10(15)19-2)21(16,17)11-4-3-8(5-12)20-11/h3-4H,6-7H2,1-2H3. The zero-order valence-electron chi connectivity index (χ0n) is 11.2. The molecule has 0 aliphatic carbocycles. The predicted molar refractivity (Wildman–Crippen MR) is 71.8 cm³/mol. The average Bonchev–Trinajstić information content (AvgIpc) is 2.95. The first kappa shape index (κ1) is 17.1. The third-order valence-electron chi connectivity index (χ3n) is 2.35.